The molecule has 11 heteroatoms. The zero-order chi connectivity index (χ0) is 27.9. The number of fused-ring (bicyclic) bond motifs is 2. The molecule has 0 spiro atoms. The molecule has 1 aliphatic carbocycles. The van der Waals surface area contributed by atoms with E-state index in [2.05, 4.69) is 49.3 Å². The van der Waals surface area contributed by atoms with Gasteiger partial charge in [0.15, 0.2) is 17.3 Å². The van der Waals surface area contributed by atoms with E-state index in [0.717, 1.165) is 18.5 Å². The van der Waals surface area contributed by atoms with Crippen LogP contribution in [0.15, 0.2) is 64.4 Å². The molecule has 0 amide bonds. The van der Waals surface area contributed by atoms with Gasteiger partial charge < -0.3 is 10.2 Å². The molecule has 10 nitrogen and oxygen atoms in total. The maximum atomic E-state index is 13.3. The predicted molar refractivity (Wildman–Crippen MR) is 160 cm³/mol. The number of benzene rings is 1. The third-order valence-electron chi connectivity index (χ3n) is 7.55. The van der Waals surface area contributed by atoms with E-state index in [0.29, 0.717) is 34.7 Å². The molecule has 0 radical (unpaired) electrons. The van der Waals surface area contributed by atoms with Crippen molar-refractivity contribution in [3.8, 4) is 5.82 Å². The average molecular weight is 559 g/mol. The zero-order valence-corrected chi connectivity index (χ0v) is 23.7. The lowest BCUT2D eigenvalue weighted by Crippen LogP contribution is -2.37. The van der Waals surface area contributed by atoms with Crippen LogP contribution in [0.2, 0.25) is 0 Å². The van der Waals surface area contributed by atoms with Gasteiger partial charge in [0.25, 0.3) is 5.56 Å². The van der Waals surface area contributed by atoms with Crippen molar-refractivity contribution >= 4 is 38.2 Å². The molecule has 6 rings (SSSR count). The highest BCUT2D eigenvalue weighted by Crippen LogP contribution is 2.30. The number of likely N-dealkylation sites (tertiary alicyclic amines) is 1. The first-order chi connectivity index (χ1) is 19.3. The highest BCUT2D eigenvalue weighted by Gasteiger charge is 2.26. The second-order valence-corrected chi connectivity index (χ2v) is 13.3. The molecule has 2 aliphatic rings. The fraction of sp³-hybridized carbons (Fsp3) is 0.379. The van der Waals surface area contributed by atoms with Gasteiger partial charge in [0.2, 0.25) is 5.95 Å². The summed E-state index contributed by atoms with van der Waals surface area (Å²) in [5.41, 5.74) is 3.86. The van der Waals surface area contributed by atoms with Crippen LogP contribution in [0.3, 0.4) is 0 Å². The van der Waals surface area contributed by atoms with Crippen molar-refractivity contribution in [2.45, 2.75) is 44.7 Å². The summed E-state index contributed by atoms with van der Waals surface area (Å²) in [5, 5.41) is 3.72. The summed E-state index contributed by atoms with van der Waals surface area (Å²) >= 11 is 0. The smallest absolute Gasteiger partial charge is 0.278 e. The third kappa shape index (κ3) is 5.31. The fourth-order valence-electron chi connectivity index (χ4n) is 5.78. The summed E-state index contributed by atoms with van der Waals surface area (Å²) in [5.74, 6) is 1.14. The monoisotopic (exact) mass is 558 g/mol. The highest BCUT2D eigenvalue weighted by molar-refractivity contribution is 7.92. The van der Waals surface area contributed by atoms with Crippen LogP contribution in [-0.2, 0) is 29.1 Å². The number of nitrogens with zero attached hydrogens (tertiary/aromatic N) is 7. The average Bonchev–Trinajstić information content (AvgIpc) is 3.55. The number of hydrogen-bond donors (Lipinski definition) is 1. The van der Waals surface area contributed by atoms with E-state index in [4.69, 9.17) is 4.98 Å². The Hall–Kier alpha value is -3.83. The summed E-state index contributed by atoms with van der Waals surface area (Å²) in [6, 6.07) is 12.3. The Morgan fingerprint density at radius 1 is 1.15 bits per heavy atom. The van der Waals surface area contributed by atoms with Gasteiger partial charge in [-0.1, -0.05) is 18.2 Å². The lowest BCUT2D eigenvalue weighted by Gasteiger charge is -2.32. The molecular formula is C29H34N8O2S. The van der Waals surface area contributed by atoms with Gasteiger partial charge in [-0.15, -0.1) is 6.58 Å². The Bertz CT molecular complexity index is 1770. The molecule has 1 N–H and O–H groups in total. The molecule has 1 aliphatic heterocycles. The summed E-state index contributed by atoms with van der Waals surface area (Å²) < 4.78 is 19.6. The zero-order valence-electron chi connectivity index (χ0n) is 22.9. The Kier molecular flexibility index (Phi) is 7.01. The Labute approximate surface area is 233 Å². The normalized spacial score (nSPS) is 17.6. The quantitative estimate of drug-likeness (QED) is 0.338. The topological polar surface area (TPSA) is 110 Å². The van der Waals surface area contributed by atoms with Gasteiger partial charge in [-0.05, 0) is 80.6 Å². The number of anilines is 2. The maximum absolute atomic E-state index is 13.3. The first-order valence-corrected chi connectivity index (χ1v) is 16.0. The molecule has 1 fully saturated rings. The molecule has 4 aromatic rings. The molecule has 3 aromatic heterocycles. The summed E-state index contributed by atoms with van der Waals surface area (Å²) in [6.45, 7) is 6.48. The number of aromatic nitrogens is 5. The van der Waals surface area contributed by atoms with Crippen LogP contribution in [-0.4, -0.2) is 65.1 Å². The van der Waals surface area contributed by atoms with Crippen LogP contribution < -0.4 is 10.9 Å². The molecule has 208 valence electrons. The third-order valence-corrected chi connectivity index (χ3v) is 8.18. The molecular weight excluding hydrogens is 524 g/mol. The van der Waals surface area contributed by atoms with E-state index < -0.39 is 9.73 Å². The van der Waals surface area contributed by atoms with E-state index in [9.17, 15) is 9.00 Å². The van der Waals surface area contributed by atoms with Gasteiger partial charge in [-0.2, -0.15) is 9.35 Å². The van der Waals surface area contributed by atoms with Gasteiger partial charge in [-0.3, -0.25) is 4.79 Å². The summed E-state index contributed by atoms with van der Waals surface area (Å²) in [4.78, 5) is 29.7. The molecule has 1 atom stereocenters. The van der Waals surface area contributed by atoms with Crippen LogP contribution in [0, 0.1) is 0 Å². The number of pyridine rings is 1. The van der Waals surface area contributed by atoms with Gasteiger partial charge in [0.1, 0.15) is 5.39 Å². The largest absolute Gasteiger partial charge is 0.324 e. The minimum Gasteiger partial charge on any atom is -0.324 e. The van der Waals surface area contributed by atoms with Crippen LogP contribution in [0.1, 0.15) is 30.4 Å². The van der Waals surface area contributed by atoms with Crippen molar-refractivity contribution in [1.29, 1.82) is 0 Å². The highest BCUT2D eigenvalue weighted by atomic mass is 32.2. The van der Waals surface area contributed by atoms with E-state index in [1.54, 1.807) is 47.7 Å². The number of aryl methyl sites for hydroxylation is 1. The lowest BCUT2D eigenvalue weighted by atomic mass is 9.87. The number of rotatable bonds is 7. The van der Waals surface area contributed by atoms with Gasteiger partial charge in [0, 0.05) is 40.2 Å². The van der Waals surface area contributed by atoms with Crippen LogP contribution in [0.25, 0.3) is 16.9 Å². The first kappa shape index (κ1) is 26.4. The fourth-order valence-corrected chi connectivity index (χ4v) is 6.33. The first-order valence-electron chi connectivity index (χ1n) is 13.7. The lowest BCUT2D eigenvalue weighted by molar-refractivity contribution is 0.222. The number of hydrogen-bond acceptors (Lipinski definition) is 8. The number of nitrogens with one attached hydrogen (secondary N) is 1. The van der Waals surface area contributed by atoms with Crippen molar-refractivity contribution in [1.82, 2.24) is 29.2 Å². The molecule has 4 heterocycles. The van der Waals surface area contributed by atoms with E-state index >= 15 is 0 Å². The van der Waals surface area contributed by atoms with Crippen molar-refractivity contribution < 1.29 is 4.21 Å². The van der Waals surface area contributed by atoms with Crippen molar-refractivity contribution in [2.75, 3.05) is 30.9 Å². The predicted octanol–water partition coefficient (Wildman–Crippen LogP) is 4.22. The summed E-state index contributed by atoms with van der Waals surface area (Å²) in [6.07, 6.45) is 12.3. The van der Waals surface area contributed by atoms with E-state index in [1.165, 1.54) is 48.2 Å². The SMILES string of the molecule is C=CCn1c(=O)c2cnc(Nc3ccc4c(c3)CC(N3CCCC3)CC4)nc2n1-c1cccc(N=S(C)(C)=O)n1. The molecule has 1 unspecified atom stereocenters. The van der Waals surface area contributed by atoms with Crippen LogP contribution >= 0.6 is 0 Å². The van der Waals surface area contributed by atoms with Gasteiger partial charge >= 0.3 is 0 Å². The molecule has 40 heavy (non-hydrogen) atoms. The van der Waals surface area contributed by atoms with Gasteiger partial charge in [-0.25, -0.2) is 23.5 Å². The molecule has 1 saturated heterocycles. The number of allylic oxidation sites excluding steroid dienone is 1. The van der Waals surface area contributed by atoms with Crippen LogP contribution in [0.4, 0.5) is 17.5 Å². The molecule has 0 saturated carbocycles. The van der Waals surface area contributed by atoms with E-state index in [1.807, 2.05) is 0 Å². The van der Waals surface area contributed by atoms with Crippen molar-refractivity contribution in [2.24, 2.45) is 4.36 Å². The van der Waals surface area contributed by atoms with Crippen LogP contribution in [0.5, 0.6) is 0 Å². The van der Waals surface area contributed by atoms with Crippen molar-refractivity contribution in [3.05, 3.63) is 76.7 Å². The Morgan fingerprint density at radius 2 is 1.98 bits per heavy atom. The minimum absolute atomic E-state index is 0.248. The second kappa shape index (κ2) is 10.6. The van der Waals surface area contributed by atoms with Gasteiger partial charge in [0.05, 0.1) is 6.54 Å². The van der Waals surface area contributed by atoms with Crippen molar-refractivity contribution in [3.63, 3.8) is 0 Å². The molecule has 0 bridgehead atoms. The second-order valence-electron chi connectivity index (χ2n) is 10.8. The maximum Gasteiger partial charge on any atom is 0.278 e. The standard InChI is InChI=1S/C29H34N8O2S/c1-4-14-36-28(38)24-19-30-29(33-27(24)37(36)26-9-7-8-25(32-26)34-40(2,3)39)31-22-12-10-20-11-13-23(18-21(20)17-22)35-15-5-6-16-35/h4,7-10,12,17,19,23H,1,5-6,11,13-16,18H2,2-3H3,(H,30,31,33). The Morgan fingerprint density at radius 3 is 2.75 bits per heavy atom. The van der Waals surface area contributed by atoms with E-state index in [-0.39, 0.29) is 12.1 Å². The Balaban J connectivity index is 1.37. The minimum atomic E-state index is -2.41. The molecule has 1 aromatic carbocycles. The summed E-state index contributed by atoms with van der Waals surface area (Å²) in [7, 11) is -2.41.